The van der Waals surface area contributed by atoms with Gasteiger partial charge in [-0.05, 0) is 53.6 Å². The average molecular weight is 556 g/mol. The molecule has 0 saturated heterocycles. The summed E-state index contributed by atoms with van der Waals surface area (Å²) in [6.07, 6.45) is 3.17. The van der Waals surface area contributed by atoms with Crippen molar-refractivity contribution in [2.24, 2.45) is 0 Å². The van der Waals surface area contributed by atoms with Crippen LogP contribution in [0.4, 0.5) is 5.13 Å². The summed E-state index contributed by atoms with van der Waals surface area (Å²) in [5, 5.41) is 5.94. The molecule has 0 fully saturated rings. The highest BCUT2D eigenvalue weighted by Gasteiger charge is 2.08. The molecule has 0 aliphatic heterocycles. The third kappa shape index (κ3) is 6.47. The minimum atomic E-state index is -0.265. The lowest BCUT2D eigenvalue weighted by molar-refractivity contribution is -0.111. The number of nitrogens with one attached hydrogen (secondary N) is 1. The first-order chi connectivity index (χ1) is 16.5. The second-order valence-corrected chi connectivity index (χ2v) is 9.40. The number of aromatic nitrogens is 1. The summed E-state index contributed by atoms with van der Waals surface area (Å²) < 4.78 is 12.3. The highest BCUT2D eigenvalue weighted by atomic mass is 79.9. The molecule has 0 unspecified atom stereocenters. The van der Waals surface area contributed by atoms with Crippen molar-refractivity contribution in [3.63, 3.8) is 0 Å². The number of thiazole rings is 1. The van der Waals surface area contributed by atoms with E-state index in [2.05, 4.69) is 26.2 Å². The Balaban J connectivity index is 1.36. The summed E-state index contributed by atoms with van der Waals surface area (Å²) in [6.45, 7) is 0.390. The third-order valence-corrected chi connectivity index (χ3v) is 6.34. The van der Waals surface area contributed by atoms with Crippen LogP contribution in [0.15, 0.2) is 82.7 Å². The van der Waals surface area contributed by atoms with E-state index in [0.29, 0.717) is 28.3 Å². The lowest BCUT2D eigenvalue weighted by Crippen LogP contribution is -2.07. The van der Waals surface area contributed by atoms with Crippen molar-refractivity contribution < 1.29 is 14.3 Å². The highest BCUT2D eigenvalue weighted by molar-refractivity contribution is 9.10. The predicted molar refractivity (Wildman–Crippen MR) is 142 cm³/mol. The predicted octanol–water partition coefficient (Wildman–Crippen LogP) is 7.47. The van der Waals surface area contributed by atoms with Crippen molar-refractivity contribution in [1.29, 1.82) is 0 Å². The van der Waals surface area contributed by atoms with E-state index in [1.54, 1.807) is 13.2 Å². The fourth-order valence-electron chi connectivity index (χ4n) is 3.05. The average Bonchev–Trinajstić information content (AvgIpc) is 3.31. The van der Waals surface area contributed by atoms with Gasteiger partial charge in [0.1, 0.15) is 6.61 Å². The van der Waals surface area contributed by atoms with Gasteiger partial charge in [-0.2, -0.15) is 0 Å². The van der Waals surface area contributed by atoms with Gasteiger partial charge >= 0.3 is 0 Å². The molecule has 3 aromatic carbocycles. The summed E-state index contributed by atoms with van der Waals surface area (Å²) in [7, 11) is 1.58. The van der Waals surface area contributed by atoms with Gasteiger partial charge in [0.25, 0.3) is 0 Å². The fourth-order valence-corrected chi connectivity index (χ4v) is 4.17. The molecule has 0 spiro atoms. The van der Waals surface area contributed by atoms with Crippen LogP contribution in [0.5, 0.6) is 11.5 Å². The van der Waals surface area contributed by atoms with E-state index >= 15 is 0 Å². The monoisotopic (exact) mass is 554 g/mol. The summed E-state index contributed by atoms with van der Waals surface area (Å²) in [5.41, 5.74) is 3.61. The Hall–Kier alpha value is -3.13. The Morgan fingerprint density at radius 1 is 1.09 bits per heavy atom. The molecule has 0 atom stereocenters. The zero-order valence-electron chi connectivity index (χ0n) is 18.1. The molecule has 5 nitrogen and oxygen atoms in total. The van der Waals surface area contributed by atoms with Crippen molar-refractivity contribution in [2.75, 3.05) is 12.4 Å². The van der Waals surface area contributed by atoms with Crippen LogP contribution < -0.4 is 14.8 Å². The van der Waals surface area contributed by atoms with E-state index in [9.17, 15) is 4.79 Å². The topological polar surface area (TPSA) is 60.5 Å². The number of hydrogen-bond acceptors (Lipinski definition) is 5. The van der Waals surface area contributed by atoms with Gasteiger partial charge < -0.3 is 9.47 Å². The molecule has 1 N–H and O–H groups in total. The smallest absolute Gasteiger partial charge is 0.250 e. The molecule has 0 radical (unpaired) electrons. The molecule has 0 aliphatic carbocycles. The number of methoxy groups -OCH3 is 1. The van der Waals surface area contributed by atoms with Crippen LogP contribution in [0.25, 0.3) is 17.3 Å². The third-order valence-electron chi connectivity index (χ3n) is 4.80. The van der Waals surface area contributed by atoms with Crippen molar-refractivity contribution >= 4 is 56.0 Å². The zero-order valence-corrected chi connectivity index (χ0v) is 21.3. The minimum Gasteiger partial charge on any atom is -0.493 e. The van der Waals surface area contributed by atoms with Gasteiger partial charge in [-0.25, -0.2) is 4.98 Å². The largest absolute Gasteiger partial charge is 0.493 e. The lowest BCUT2D eigenvalue weighted by atomic mass is 10.2. The van der Waals surface area contributed by atoms with E-state index < -0.39 is 0 Å². The second-order valence-electron chi connectivity index (χ2n) is 7.19. The van der Waals surface area contributed by atoms with Crippen LogP contribution in [0, 0.1) is 0 Å². The number of nitrogens with zero attached hydrogens (tertiary/aromatic N) is 1. The van der Waals surface area contributed by atoms with Gasteiger partial charge in [0.05, 0.1) is 12.8 Å². The molecular weight excluding hydrogens is 536 g/mol. The maximum atomic E-state index is 12.4. The summed E-state index contributed by atoms with van der Waals surface area (Å²) in [6, 6.07) is 20.8. The van der Waals surface area contributed by atoms with Crippen LogP contribution >= 0.6 is 38.9 Å². The lowest BCUT2D eigenvalue weighted by Gasteiger charge is -2.11. The maximum absolute atomic E-state index is 12.4. The number of carbonyl (C=O) groups excluding carboxylic acids is 1. The number of ether oxygens (including phenoxy) is 2. The van der Waals surface area contributed by atoms with Crippen LogP contribution in [0.1, 0.15) is 11.1 Å². The molecule has 34 heavy (non-hydrogen) atoms. The summed E-state index contributed by atoms with van der Waals surface area (Å²) >= 11 is 10.7. The number of hydrogen-bond donors (Lipinski definition) is 1. The van der Waals surface area contributed by atoms with Gasteiger partial charge in [-0.15, -0.1) is 11.3 Å². The summed E-state index contributed by atoms with van der Waals surface area (Å²) in [4.78, 5) is 16.9. The van der Waals surface area contributed by atoms with Crippen LogP contribution in [0.2, 0.25) is 5.02 Å². The van der Waals surface area contributed by atoms with Crippen LogP contribution in [-0.4, -0.2) is 18.0 Å². The van der Waals surface area contributed by atoms with Crippen molar-refractivity contribution in [1.82, 2.24) is 4.98 Å². The highest BCUT2D eigenvalue weighted by Crippen LogP contribution is 2.30. The van der Waals surface area contributed by atoms with Gasteiger partial charge in [-0.1, -0.05) is 57.9 Å². The zero-order chi connectivity index (χ0) is 23.9. The maximum Gasteiger partial charge on any atom is 0.250 e. The Bertz CT molecular complexity index is 1300. The Kier molecular flexibility index (Phi) is 8.00. The Labute approximate surface area is 215 Å². The molecule has 4 rings (SSSR count). The minimum absolute atomic E-state index is 0.265. The van der Waals surface area contributed by atoms with E-state index in [4.69, 9.17) is 21.1 Å². The first-order valence-corrected chi connectivity index (χ1v) is 12.3. The number of amides is 1. The number of halogens is 2. The fraction of sp³-hybridized carbons (Fsp3) is 0.0769. The molecule has 1 aromatic heterocycles. The first-order valence-electron chi connectivity index (χ1n) is 10.3. The quantitative estimate of drug-likeness (QED) is 0.229. The SMILES string of the molecule is COc1cc(C=CC(=O)Nc2nc(-c3ccc(Br)cc3)cs2)ccc1OCc1ccc(Cl)cc1. The van der Waals surface area contributed by atoms with E-state index in [-0.39, 0.29) is 5.91 Å². The van der Waals surface area contributed by atoms with Crippen molar-refractivity contribution in [3.8, 4) is 22.8 Å². The second kappa shape index (κ2) is 11.3. The van der Waals surface area contributed by atoms with Gasteiger partial charge in [0, 0.05) is 26.5 Å². The van der Waals surface area contributed by atoms with Gasteiger partial charge in [0.15, 0.2) is 16.6 Å². The van der Waals surface area contributed by atoms with Crippen LogP contribution in [0.3, 0.4) is 0 Å². The van der Waals surface area contributed by atoms with Gasteiger partial charge in [0.2, 0.25) is 5.91 Å². The van der Waals surface area contributed by atoms with Crippen LogP contribution in [-0.2, 0) is 11.4 Å². The molecule has 4 aromatic rings. The number of rotatable bonds is 8. The molecule has 8 heteroatoms. The van der Waals surface area contributed by atoms with Crippen molar-refractivity contribution in [3.05, 3.63) is 98.8 Å². The molecule has 1 heterocycles. The van der Waals surface area contributed by atoms with E-state index in [0.717, 1.165) is 26.9 Å². The van der Waals surface area contributed by atoms with E-state index in [1.165, 1.54) is 17.4 Å². The molecule has 0 saturated carbocycles. The molecule has 0 aliphatic rings. The Morgan fingerprint density at radius 2 is 1.85 bits per heavy atom. The normalized spacial score (nSPS) is 10.9. The van der Waals surface area contributed by atoms with E-state index in [1.807, 2.05) is 72.1 Å². The summed E-state index contributed by atoms with van der Waals surface area (Å²) in [5.74, 6) is 0.927. The molecule has 0 bridgehead atoms. The number of anilines is 1. The number of carbonyl (C=O) groups is 1. The van der Waals surface area contributed by atoms with Crippen molar-refractivity contribution in [2.45, 2.75) is 6.61 Å². The molecular formula is C26H20BrClN2O3S. The van der Waals surface area contributed by atoms with Gasteiger partial charge in [-0.3, -0.25) is 10.1 Å². The standard InChI is InChI=1S/C26H20BrClN2O3S/c1-32-24-14-17(4-12-23(24)33-15-18-2-10-21(28)11-3-18)5-13-25(31)30-26-29-22(16-34-26)19-6-8-20(27)9-7-19/h2-14,16H,15H2,1H3,(H,29,30,31). The molecule has 1 amide bonds. The number of benzene rings is 3. The molecule has 172 valence electrons. The first kappa shape index (κ1) is 24.0. The Morgan fingerprint density at radius 3 is 2.59 bits per heavy atom.